The summed E-state index contributed by atoms with van der Waals surface area (Å²) in [5, 5.41) is 14.0. The smallest absolute Gasteiger partial charge is 0.231 e. The van der Waals surface area contributed by atoms with E-state index in [1.165, 1.54) is 11.8 Å². The molecule has 0 spiro atoms. The maximum Gasteiger partial charge on any atom is 0.231 e. The van der Waals surface area contributed by atoms with Crippen molar-refractivity contribution in [3.8, 4) is 5.69 Å². The van der Waals surface area contributed by atoms with Crippen molar-refractivity contribution in [1.29, 1.82) is 0 Å². The molecule has 0 aliphatic heterocycles. The quantitative estimate of drug-likeness (QED) is 0.464. The highest BCUT2D eigenvalue weighted by atomic mass is 32.2. The van der Waals surface area contributed by atoms with E-state index in [1.807, 2.05) is 82.7 Å². The van der Waals surface area contributed by atoms with Crippen LogP contribution in [0.4, 0.5) is 0 Å². The van der Waals surface area contributed by atoms with E-state index >= 15 is 0 Å². The van der Waals surface area contributed by atoms with E-state index < -0.39 is 0 Å². The lowest BCUT2D eigenvalue weighted by molar-refractivity contribution is -0.119. The molecule has 0 unspecified atom stereocenters. The number of rotatable bonds is 7. The molecule has 1 amide bonds. The Balaban J connectivity index is 1.45. The van der Waals surface area contributed by atoms with Gasteiger partial charge in [0.15, 0.2) is 5.16 Å². The van der Waals surface area contributed by atoms with Gasteiger partial charge in [-0.15, -0.1) is 21.5 Å². The maximum atomic E-state index is 12.7. The number of thioether (sulfide) groups is 1. The molecule has 0 bridgehead atoms. The summed E-state index contributed by atoms with van der Waals surface area (Å²) >= 11 is 3.01. The lowest BCUT2D eigenvalue weighted by Gasteiger charge is -2.18. The van der Waals surface area contributed by atoms with Crippen LogP contribution in [-0.4, -0.2) is 26.4 Å². The van der Waals surface area contributed by atoms with Gasteiger partial charge in [-0.25, -0.2) is 0 Å². The van der Waals surface area contributed by atoms with Gasteiger partial charge in [0.2, 0.25) is 5.91 Å². The van der Waals surface area contributed by atoms with Crippen molar-refractivity contribution in [3.63, 3.8) is 0 Å². The highest BCUT2D eigenvalue weighted by Crippen LogP contribution is 2.26. The monoisotopic (exact) mass is 406 g/mol. The Hall–Kier alpha value is -2.90. The van der Waals surface area contributed by atoms with Crippen LogP contribution in [0, 0.1) is 0 Å². The zero-order valence-corrected chi connectivity index (χ0v) is 16.6. The van der Waals surface area contributed by atoms with E-state index in [4.69, 9.17) is 0 Å². The summed E-state index contributed by atoms with van der Waals surface area (Å²) in [4.78, 5) is 13.8. The van der Waals surface area contributed by atoms with Gasteiger partial charge in [-0.3, -0.25) is 9.36 Å². The number of amides is 1. The summed E-state index contributed by atoms with van der Waals surface area (Å²) in [6, 6.07) is 23.7. The number of benzene rings is 2. The van der Waals surface area contributed by atoms with Gasteiger partial charge in [-0.05, 0) is 29.1 Å². The van der Waals surface area contributed by atoms with Gasteiger partial charge < -0.3 is 5.32 Å². The topological polar surface area (TPSA) is 59.8 Å². The number of hydrogen-bond acceptors (Lipinski definition) is 5. The molecule has 2 aromatic heterocycles. The van der Waals surface area contributed by atoms with Crippen molar-refractivity contribution in [2.24, 2.45) is 0 Å². The number of carbonyl (C=O) groups is 1. The van der Waals surface area contributed by atoms with Crippen LogP contribution in [0.5, 0.6) is 0 Å². The molecule has 0 saturated heterocycles. The fraction of sp³-hybridized carbons (Fsp3) is 0.0952. The van der Waals surface area contributed by atoms with E-state index in [0.29, 0.717) is 5.16 Å². The van der Waals surface area contributed by atoms with Crippen molar-refractivity contribution in [2.45, 2.75) is 11.2 Å². The van der Waals surface area contributed by atoms with E-state index in [9.17, 15) is 4.79 Å². The maximum absolute atomic E-state index is 12.7. The van der Waals surface area contributed by atoms with Crippen molar-refractivity contribution < 1.29 is 4.79 Å². The van der Waals surface area contributed by atoms with Crippen LogP contribution in [0.3, 0.4) is 0 Å². The third kappa shape index (κ3) is 4.32. The molecule has 28 heavy (non-hydrogen) atoms. The number of nitrogens with one attached hydrogen (secondary N) is 1. The minimum Gasteiger partial charge on any atom is -0.344 e. The zero-order valence-electron chi connectivity index (χ0n) is 14.9. The van der Waals surface area contributed by atoms with Gasteiger partial charge in [-0.2, -0.15) is 0 Å². The van der Waals surface area contributed by atoms with Crippen molar-refractivity contribution in [1.82, 2.24) is 20.1 Å². The molecule has 1 atom stereocenters. The van der Waals surface area contributed by atoms with E-state index in [2.05, 4.69) is 15.5 Å². The number of nitrogens with zero attached hydrogens (tertiary/aromatic N) is 3. The third-order valence-electron chi connectivity index (χ3n) is 4.15. The molecule has 0 saturated carbocycles. The predicted molar refractivity (Wildman–Crippen MR) is 113 cm³/mol. The summed E-state index contributed by atoms with van der Waals surface area (Å²) in [7, 11) is 0. The molecule has 2 heterocycles. The molecule has 1 N–H and O–H groups in total. The van der Waals surface area contributed by atoms with Gasteiger partial charge in [0.1, 0.15) is 6.33 Å². The second-order valence-corrected chi connectivity index (χ2v) is 7.96. The lowest BCUT2D eigenvalue weighted by atomic mass is 10.1. The Morgan fingerprint density at radius 1 is 1.04 bits per heavy atom. The van der Waals surface area contributed by atoms with Gasteiger partial charge in [0, 0.05) is 10.6 Å². The summed E-state index contributed by atoms with van der Waals surface area (Å²) in [5.74, 6) is 0.218. The van der Waals surface area contributed by atoms with Crippen LogP contribution in [-0.2, 0) is 4.79 Å². The Kier molecular flexibility index (Phi) is 5.84. The van der Waals surface area contributed by atoms with Crippen LogP contribution in [0.2, 0.25) is 0 Å². The number of aromatic nitrogens is 3. The minimum atomic E-state index is -0.152. The van der Waals surface area contributed by atoms with Crippen LogP contribution >= 0.6 is 23.1 Å². The van der Waals surface area contributed by atoms with Crippen molar-refractivity contribution >= 4 is 29.0 Å². The fourth-order valence-corrected chi connectivity index (χ4v) is 4.38. The summed E-state index contributed by atoms with van der Waals surface area (Å²) < 4.78 is 1.88. The second kappa shape index (κ2) is 8.86. The summed E-state index contributed by atoms with van der Waals surface area (Å²) in [6.45, 7) is 0. The molecule has 140 valence electrons. The first-order chi connectivity index (χ1) is 13.8. The van der Waals surface area contributed by atoms with E-state index in [0.717, 1.165) is 16.1 Å². The van der Waals surface area contributed by atoms with E-state index in [1.54, 1.807) is 17.7 Å². The Morgan fingerprint density at radius 2 is 1.79 bits per heavy atom. The first-order valence-corrected chi connectivity index (χ1v) is 10.6. The van der Waals surface area contributed by atoms with Crippen molar-refractivity contribution in [3.05, 3.63) is 94.9 Å². The molecule has 7 heteroatoms. The predicted octanol–water partition coefficient (Wildman–Crippen LogP) is 4.33. The lowest BCUT2D eigenvalue weighted by Crippen LogP contribution is -2.30. The van der Waals surface area contributed by atoms with Crippen molar-refractivity contribution in [2.75, 3.05) is 5.75 Å². The van der Waals surface area contributed by atoms with Crippen LogP contribution in [0.25, 0.3) is 5.69 Å². The normalized spacial score (nSPS) is 11.9. The van der Waals surface area contributed by atoms with Gasteiger partial charge >= 0.3 is 0 Å². The molecule has 4 aromatic rings. The highest BCUT2D eigenvalue weighted by Gasteiger charge is 2.18. The molecule has 0 aliphatic rings. The Labute approximate surface area is 171 Å². The SMILES string of the molecule is O=C(CSc1nncn1-c1ccccc1)N[C@@H](c1ccccc1)c1cccs1. The average Bonchev–Trinajstić information content (AvgIpc) is 3.44. The number of hydrogen-bond donors (Lipinski definition) is 1. The number of thiophene rings is 1. The minimum absolute atomic E-state index is 0.0464. The Bertz CT molecular complexity index is 1020. The molecular weight excluding hydrogens is 388 g/mol. The standard InChI is InChI=1S/C21H18N4OS2/c26-19(14-28-21-24-22-15-25(21)17-10-5-2-6-11-17)23-20(18-12-7-13-27-18)16-8-3-1-4-9-16/h1-13,15,20H,14H2,(H,23,26)/t20-/m0/s1. The number of para-hydroxylation sites is 1. The fourth-order valence-electron chi connectivity index (χ4n) is 2.84. The first-order valence-electron chi connectivity index (χ1n) is 8.77. The summed E-state index contributed by atoms with van der Waals surface area (Å²) in [5.41, 5.74) is 2.03. The van der Waals surface area contributed by atoms with Gasteiger partial charge in [0.25, 0.3) is 0 Å². The van der Waals surface area contributed by atoms with Gasteiger partial charge in [0.05, 0.1) is 11.8 Å². The number of carbonyl (C=O) groups excluding carboxylic acids is 1. The van der Waals surface area contributed by atoms with Crippen LogP contribution in [0.15, 0.2) is 89.7 Å². The first kappa shape index (κ1) is 18.5. The molecule has 4 rings (SSSR count). The Morgan fingerprint density at radius 3 is 2.50 bits per heavy atom. The average molecular weight is 407 g/mol. The van der Waals surface area contributed by atoms with E-state index in [-0.39, 0.29) is 17.7 Å². The molecule has 2 aromatic carbocycles. The second-order valence-electron chi connectivity index (χ2n) is 6.03. The zero-order chi connectivity index (χ0) is 19.2. The molecule has 5 nitrogen and oxygen atoms in total. The molecule has 0 radical (unpaired) electrons. The third-order valence-corrected chi connectivity index (χ3v) is 6.03. The van der Waals surface area contributed by atoms with Gasteiger partial charge in [-0.1, -0.05) is 66.4 Å². The largest absolute Gasteiger partial charge is 0.344 e. The molecular formula is C21H18N4OS2. The molecule has 0 fully saturated rings. The summed E-state index contributed by atoms with van der Waals surface area (Å²) in [6.07, 6.45) is 1.66. The molecule has 0 aliphatic carbocycles. The van der Waals surface area contributed by atoms with Crippen LogP contribution in [0.1, 0.15) is 16.5 Å². The highest BCUT2D eigenvalue weighted by molar-refractivity contribution is 7.99. The van der Waals surface area contributed by atoms with Crippen LogP contribution < -0.4 is 5.32 Å².